The van der Waals surface area contributed by atoms with Gasteiger partial charge >= 0.3 is 0 Å². The SMILES string of the molecule is C.CNO. The largest absolute Gasteiger partial charge is 0.317 e. The van der Waals surface area contributed by atoms with Crippen LogP contribution in [0.1, 0.15) is 7.43 Å². The van der Waals surface area contributed by atoms with Gasteiger partial charge in [0, 0.05) is 7.05 Å². The zero-order valence-corrected chi connectivity index (χ0v) is 1.95. The summed E-state index contributed by atoms with van der Waals surface area (Å²) in [5.74, 6) is 0. The van der Waals surface area contributed by atoms with Crippen molar-refractivity contribution in [1.29, 1.82) is 0 Å². The highest BCUT2D eigenvalue weighted by atomic mass is 16.5. The highest BCUT2D eigenvalue weighted by Gasteiger charge is 1.24. The third-order valence-electron chi connectivity index (χ3n) is 0. The van der Waals surface area contributed by atoms with Crippen LogP contribution in [0.4, 0.5) is 0 Å². The molecule has 0 atom stereocenters. The highest BCUT2D eigenvalue weighted by Crippen LogP contribution is 0.957. The van der Waals surface area contributed by atoms with Gasteiger partial charge in [0.2, 0.25) is 0 Å². The highest BCUT2D eigenvalue weighted by molar-refractivity contribution is 3.65. The Hall–Kier alpha value is -0.0800. The van der Waals surface area contributed by atoms with Crippen LogP contribution >= 0.6 is 0 Å². The molecule has 0 saturated carbocycles. The third-order valence-corrected chi connectivity index (χ3v) is 0. The molecule has 2 nitrogen and oxygen atoms in total. The second kappa shape index (κ2) is 12.7. The molecule has 0 bridgehead atoms. The molecule has 0 aliphatic carbocycles. The first-order chi connectivity index (χ1) is 1.41. The van der Waals surface area contributed by atoms with Gasteiger partial charge in [0.15, 0.2) is 0 Å². The Morgan fingerprint density at radius 2 is 1.75 bits per heavy atom. The van der Waals surface area contributed by atoms with E-state index in [0.717, 1.165) is 0 Å². The molecule has 0 aromatic heterocycles. The minimum absolute atomic E-state index is 0. The molecule has 0 radical (unpaired) electrons. The molecule has 0 heterocycles. The van der Waals surface area contributed by atoms with E-state index in [4.69, 9.17) is 5.21 Å². The second-order valence-corrected chi connectivity index (χ2v) is 0.224. The molecule has 28 valence electrons. The first-order valence-electron chi connectivity index (χ1n) is 0.724. The number of hydroxylamine groups is 1. The Labute approximate surface area is 26.4 Å². The van der Waals surface area contributed by atoms with Gasteiger partial charge in [0.05, 0.1) is 0 Å². The standard InChI is InChI=1S/CH5NO.CH4/c1-2-3;/h2-3H,1H3;1H4. The molecule has 0 spiro atoms. The molecule has 0 unspecified atom stereocenters. The van der Waals surface area contributed by atoms with Crippen LogP contribution in [0.25, 0.3) is 0 Å². The van der Waals surface area contributed by atoms with E-state index in [1.54, 1.807) is 5.48 Å². The summed E-state index contributed by atoms with van der Waals surface area (Å²) < 4.78 is 0. The fourth-order valence-electron chi connectivity index (χ4n) is 0. The topological polar surface area (TPSA) is 32.3 Å². The minimum Gasteiger partial charge on any atom is -0.317 e. The van der Waals surface area contributed by atoms with E-state index in [2.05, 4.69) is 0 Å². The van der Waals surface area contributed by atoms with E-state index in [1.165, 1.54) is 7.05 Å². The average molecular weight is 63.1 g/mol. The molecule has 0 amide bonds. The summed E-state index contributed by atoms with van der Waals surface area (Å²) in [6.45, 7) is 0. The van der Waals surface area contributed by atoms with Crippen molar-refractivity contribution in [2.75, 3.05) is 7.05 Å². The normalized spacial score (nSPS) is 4.50. The summed E-state index contributed by atoms with van der Waals surface area (Å²) in [7, 11) is 1.43. The fourth-order valence-corrected chi connectivity index (χ4v) is 0. The Bertz CT molecular complexity index is 6.00. The summed E-state index contributed by atoms with van der Waals surface area (Å²) in [6.07, 6.45) is 0. The number of hydrogen-bond acceptors (Lipinski definition) is 2. The molecular weight excluding hydrogens is 54.0 g/mol. The van der Waals surface area contributed by atoms with Crippen LogP contribution in [0.5, 0.6) is 0 Å². The van der Waals surface area contributed by atoms with Crippen molar-refractivity contribution in [3.05, 3.63) is 0 Å². The predicted molar refractivity (Wildman–Crippen MR) is 17.6 cm³/mol. The monoisotopic (exact) mass is 63.1 g/mol. The van der Waals surface area contributed by atoms with Crippen LogP contribution in [-0.4, -0.2) is 12.3 Å². The lowest BCUT2D eigenvalue weighted by molar-refractivity contribution is 0.194. The molecule has 4 heavy (non-hydrogen) atoms. The van der Waals surface area contributed by atoms with Crippen molar-refractivity contribution in [3.63, 3.8) is 0 Å². The van der Waals surface area contributed by atoms with Gasteiger partial charge in [-0.1, -0.05) is 7.43 Å². The lowest BCUT2D eigenvalue weighted by Gasteiger charge is -1.60. The van der Waals surface area contributed by atoms with Gasteiger partial charge < -0.3 is 5.21 Å². The summed E-state index contributed by atoms with van der Waals surface area (Å²) in [5, 5.41) is 7.32. The van der Waals surface area contributed by atoms with Crippen molar-refractivity contribution < 1.29 is 5.21 Å². The molecule has 0 aromatic rings. The zero-order chi connectivity index (χ0) is 2.71. The van der Waals surface area contributed by atoms with E-state index >= 15 is 0 Å². The lowest BCUT2D eigenvalue weighted by Crippen LogP contribution is -1.91. The summed E-state index contributed by atoms with van der Waals surface area (Å²) in [4.78, 5) is 0. The van der Waals surface area contributed by atoms with Gasteiger partial charge in [-0.05, 0) is 0 Å². The van der Waals surface area contributed by atoms with Gasteiger partial charge in [-0.25, -0.2) is 5.48 Å². The van der Waals surface area contributed by atoms with E-state index in [0.29, 0.717) is 0 Å². The number of hydrogen-bond donors (Lipinski definition) is 2. The van der Waals surface area contributed by atoms with Crippen LogP contribution in [0, 0.1) is 0 Å². The quantitative estimate of drug-likeness (QED) is 0.394. The molecule has 0 fully saturated rings. The van der Waals surface area contributed by atoms with Crippen LogP contribution < -0.4 is 5.48 Å². The molecular formula is C2H9NO. The van der Waals surface area contributed by atoms with Crippen molar-refractivity contribution in [1.82, 2.24) is 5.48 Å². The molecule has 0 saturated heterocycles. The number of nitrogens with one attached hydrogen (secondary N) is 1. The van der Waals surface area contributed by atoms with Crippen molar-refractivity contribution >= 4 is 0 Å². The molecule has 0 aromatic carbocycles. The summed E-state index contributed by atoms with van der Waals surface area (Å²) >= 11 is 0. The van der Waals surface area contributed by atoms with Gasteiger partial charge in [0.25, 0.3) is 0 Å². The molecule has 2 heteroatoms. The smallest absolute Gasteiger partial charge is 0.00929 e. The maximum atomic E-state index is 7.32. The van der Waals surface area contributed by atoms with Crippen molar-refractivity contribution in [2.45, 2.75) is 7.43 Å². The second-order valence-electron chi connectivity index (χ2n) is 0.224. The van der Waals surface area contributed by atoms with Crippen molar-refractivity contribution in [2.24, 2.45) is 0 Å². The Kier molecular flexibility index (Phi) is 28.8. The fraction of sp³-hybridized carbons (Fsp3) is 1.00. The maximum Gasteiger partial charge on any atom is 0.00929 e. The van der Waals surface area contributed by atoms with Gasteiger partial charge in [-0.3, -0.25) is 0 Å². The van der Waals surface area contributed by atoms with E-state index in [9.17, 15) is 0 Å². The van der Waals surface area contributed by atoms with Crippen molar-refractivity contribution in [3.8, 4) is 0 Å². The maximum absolute atomic E-state index is 7.32. The van der Waals surface area contributed by atoms with Crippen LogP contribution in [-0.2, 0) is 0 Å². The Morgan fingerprint density at radius 3 is 1.75 bits per heavy atom. The first kappa shape index (κ1) is 9.07. The van der Waals surface area contributed by atoms with Crippen LogP contribution in [0.2, 0.25) is 0 Å². The average Bonchev–Trinajstić information content (AvgIpc) is 0.918. The number of rotatable bonds is 0. The van der Waals surface area contributed by atoms with Gasteiger partial charge in [-0.2, -0.15) is 0 Å². The van der Waals surface area contributed by atoms with E-state index < -0.39 is 0 Å². The zero-order valence-electron chi connectivity index (χ0n) is 1.95. The molecule has 2 N–H and O–H groups in total. The Morgan fingerprint density at radius 1 is 1.75 bits per heavy atom. The summed E-state index contributed by atoms with van der Waals surface area (Å²) in [5.41, 5.74) is 1.75. The molecule has 0 aliphatic rings. The minimum atomic E-state index is 0. The lowest BCUT2D eigenvalue weighted by atomic mass is 11.6. The first-order valence-corrected chi connectivity index (χ1v) is 0.724. The summed E-state index contributed by atoms with van der Waals surface area (Å²) in [6, 6.07) is 0. The predicted octanol–water partition coefficient (Wildman–Crippen LogP) is 0.231. The van der Waals surface area contributed by atoms with Gasteiger partial charge in [0.1, 0.15) is 0 Å². The third kappa shape index (κ3) is 254. The van der Waals surface area contributed by atoms with E-state index in [-0.39, 0.29) is 7.43 Å². The molecule has 0 rings (SSSR count). The Balaban J connectivity index is 0. The van der Waals surface area contributed by atoms with Gasteiger partial charge in [-0.15, -0.1) is 0 Å². The van der Waals surface area contributed by atoms with E-state index in [1.807, 2.05) is 0 Å². The van der Waals surface area contributed by atoms with Crippen LogP contribution in [0.15, 0.2) is 0 Å². The van der Waals surface area contributed by atoms with Crippen LogP contribution in [0.3, 0.4) is 0 Å². The molecule has 0 aliphatic heterocycles.